The molecule has 37 heavy (non-hydrogen) atoms. The summed E-state index contributed by atoms with van der Waals surface area (Å²) < 4.78 is 21.0. The van der Waals surface area contributed by atoms with Crippen molar-refractivity contribution in [1.29, 1.82) is 0 Å². The second-order valence-electron chi connectivity index (χ2n) is 7.77. The molecule has 2 aliphatic heterocycles. The van der Waals surface area contributed by atoms with Crippen molar-refractivity contribution in [2.75, 3.05) is 31.1 Å². The Bertz CT molecular complexity index is 1270. The highest BCUT2D eigenvalue weighted by molar-refractivity contribution is 8.00. The van der Waals surface area contributed by atoms with Gasteiger partial charge in [0.1, 0.15) is 11.6 Å². The first kappa shape index (κ1) is 25.8. The fourth-order valence-corrected chi connectivity index (χ4v) is 4.36. The monoisotopic (exact) mass is 528 g/mol. The van der Waals surface area contributed by atoms with Crippen LogP contribution in [-0.4, -0.2) is 60.7 Å². The zero-order chi connectivity index (χ0) is 26.4. The van der Waals surface area contributed by atoms with Crippen molar-refractivity contribution in [3.8, 4) is 11.5 Å². The van der Waals surface area contributed by atoms with E-state index in [0.717, 1.165) is 11.8 Å². The van der Waals surface area contributed by atoms with Crippen LogP contribution in [0.4, 0.5) is 10.5 Å². The van der Waals surface area contributed by atoms with Crippen LogP contribution in [0.2, 0.25) is 0 Å². The Hall–Kier alpha value is -4.26. The molecule has 0 saturated carbocycles. The molecule has 0 unspecified atom stereocenters. The highest BCUT2D eigenvalue weighted by Gasteiger charge is 2.30. The van der Waals surface area contributed by atoms with Crippen LogP contribution in [0.1, 0.15) is 24.2 Å². The standard InChI is InChI=1S/C24H24N4O8S/c1-3-33-23(31)20-13(2)26-24(32)28-16(20)10-34-22(30)15-5-4-8-25-21(15)37-11-19(29)27-14-6-7-17-18(9-14)36-12-35-17/h4-9,13H,3,10-12H2,1-2H3,(H,27,29)(H2,26,28,32)/t13-/m1/s1. The molecule has 0 radical (unpaired) electrons. The first-order chi connectivity index (χ1) is 17.9. The van der Waals surface area contributed by atoms with Crippen LogP contribution in [0, 0.1) is 0 Å². The lowest BCUT2D eigenvalue weighted by Crippen LogP contribution is -2.50. The number of ether oxygens (including phenoxy) is 4. The number of rotatable bonds is 9. The molecule has 0 fully saturated rings. The number of esters is 2. The molecule has 12 nitrogen and oxygen atoms in total. The van der Waals surface area contributed by atoms with Gasteiger partial charge in [0.15, 0.2) is 11.5 Å². The minimum atomic E-state index is -0.733. The Kier molecular flexibility index (Phi) is 8.13. The molecule has 1 aromatic carbocycles. The van der Waals surface area contributed by atoms with E-state index in [2.05, 4.69) is 20.9 Å². The van der Waals surface area contributed by atoms with Gasteiger partial charge >= 0.3 is 18.0 Å². The zero-order valence-electron chi connectivity index (χ0n) is 20.0. The first-order valence-corrected chi connectivity index (χ1v) is 12.3. The number of urea groups is 1. The van der Waals surface area contributed by atoms with Gasteiger partial charge in [-0.25, -0.2) is 19.4 Å². The van der Waals surface area contributed by atoms with E-state index in [0.29, 0.717) is 17.2 Å². The minimum absolute atomic E-state index is 0.0247. The van der Waals surface area contributed by atoms with E-state index in [1.807, 2.05) is 0 Å². The third-order valence-electron chi connectivity index (χ3n) is 5.20. The van der Waals surface area contributed by atoms with Crippen LogP contribution in [-0.2, 0) is 19.1 Å². The Labute approximate surface area is 216 Å². The fourth-order valence-electron chi connectivity index (χ4n) is 3.58. The highest BCUT2D eigenvalue weighted by Crippen LogP contribution is 2.34. The summed E-state index contributed by atoms with van der Waals surface area (Å²) in [6.07, 6.45) is 1.49. The van der Waals surface area contributed by atoms with Gasteiger partial charge in [0.2, 0.25) is 12.7 Å². The van der Waals surface area contributed by atoms with Crippen molar-refractivity contribution in [3.63, 3.8) is 0 Å². The number of anilines is 1. The number of nitrogens with one attached hydrogen (secondary N) is 3. The molecule has 0 aliphatic carbocycles. The Morgan fingerprint density at radius 3 is 2.78 bits per heavy atom. The van der Waals surface area contributed by atoms with Gasteiger partial charge < -0.3 is 34.9 Å². The van der Waals surface area contributed by atoms with Gasteiger partial charge in [0.05, 0.1) is 35.2 Å². The smallest absolute Gasteiger partial charge is 0.341 e. The van der Waals surface area contributed by atoms with Crippen LogP contribution >= 0.6 is 11.8 Å². The highest BCUT2D eigenvalue weighted by atomic mass is 32.2. The van der Waals surface area contributed by atoms with Crippen LogP contribution in [0.5, 0.6) is 11.5 Å². The lowest BCUT2D eigenvalue weighted by Gasteiger charge is -2.26. The largest absolute Gasteiger partial charge is 0.463 e. The van der Waals surface area contributed by atoms with E-state index >= 15 is 0 Å². The minimum Gasteiger partial charge on any atom is -0.463 e. The lowest BCUT2D eigenvalue weighted by atomic mass is 10.0. The number of fused-ring (bicyclic) bond motifs is 1. The van der Waals surface area contributed by atoms with Crippen molar-refractivity contribution in [1.82, 2.24) is 15.6 Å². The summed E-state index contributed by atoms with van der Waals surface area (Å²) >= 11 is 1.06. The van der Waals surface area contributed by atoms with Crippen LogP contribution < -0.4 is 25.4 Å². The summed E-state index contributed by atoms with van der Waals surface area (Å²) in [5.74, 6) is -0.552. The maximum Gasteiger partial charge on any atom is 0.341 e. The number of amides is 3. The van der Waals surface area contributed by atoms with Gasteiger partial charge in [-0.3, -0.25) is 4.79 Å². The Balaban J connectivity index is 1.39. The summed E-state index contributed by atoms with van der Waals surface area (Å²) in [6.45, 7) is 3.19. The van der Waals surface area contributed by atoms with Gasteiger partial charge in [-0.05, 0) is 38.1 Å². The fraction of sp³-hybridized carbons (Fsp3) is 0.292. The third kappa shape index (κ3) is 6.30. The number of hydrogen-bond acceptors (Lipinski definition) is 10. The number of pyridine rings is 1. The Morgan fingerprint density at radius 1 is 1.16 bits per heavy atom. The number of nitrogens with zero attached hydrogens (tertiary/aromatic N) is 1. The number of thioether (sulfide) groups is 1. The van der Waals surface area contributed by atoms with Crippen LogP contribution in [0.25, 0.3) is 0 Å². The molecule has 3 amide bonds. The summed E-state index contributed by atoms with van der Waals surface area (Å²) in [7, 11) is 0. The molecule has 1 atom stereocenters. The van der Waals surface area contributed by atoms with Crippen molar-refractivity contribution in [2.45, 2.75) is 24.9 Å². The SMILES string of the molecule is CCOC(=O)C1=C(COC(=O)c2cccnc2SCC(=O)Nc2ccc3c(c2)OCO3)NC(=O)N[C@@H]1C. The second kappa shape index (κ2) is 11.6. The molecular formula is C24H24N4O8S. The zero-order valence-corrected chi connectivity index (χ0v) is 20.8. The molecule has 194 valence electrons. The molecule has 0 spiro atoms. The summed E-state index contributed by atoms with van der Waals surface area (Å²) in [6, 6.07) is 6.97. The number of hydrogen-bond donors (Lipinski definition) is 3. The van der Waals surface area contributed by atoms with Crippen LogP contribution in [0.3, 0.4) is 0 Å². The van der Waals surface area contributed by atoms with E-state index in [1.54, 1.807) is 38.1 Å². The van der Waals surface area contributed by atoms with Gasteiger partial charge in [0.25, 0.3) is 0 Å². The van der Waals surface area contributed by atoms with E-state index in [1.165, 1.54) is 12.3 Å². The molecule has 0 bridgehead atoms. The second-order valence-corrected chi connectivity index (χ2v) is 8.73. The molecule has 1 aromatic heterocycles. The number of carbonyl (C=O) groups is 4. The lowest BCUT2D eigenvalue weighted by molar-refractivity contribution is -0.139. The molecule has 3 N–H and O–H groups in total. The van der Waals surface area contributed by atoms with E-state index in [4.69, 9.17) is 18.9 Å². The first-order valence-electron chi connectivity index (χ1n) is 11.3. The number of benzene rings is 1. The van der Waals surface area contributed by atoms with Gasteiger partial charge in [-0.15, -0.1) is 0 Å². The van der Waals surface area contributed by atoms with Gasteiger partial charge in [0, 0.05) is 18.0 Å². The average Bonchev–Trinajstić information content (AvgIpc) is 3.34. The topological polar surface area (TPSA) is 154 Å². The van der Waals surface area contributed by atoms with E-state index in [9.17, 15) is 19.2 Å². The molecule has 2 aromatic rings. The van der Waals surface area contributed by atoms with Gasteiger partial charge in [-0.1, -0.05) is 11.8 Å². The molecular weight excluding hydrogens is 504 g/mol. The summed E-state index contributed by atoms with van der Waals surface area (Å²) in [5.41, 5.74) is 0.967. The van der Waals surface area contributed by atoms with Gasteiger partial charge in [-0.2, -0.15) is 0 Å². The van der Waals surface area contributed by atoms with Crippen molar-refractivity contribution >= 4 is 41.3 Å². The van der Waals surface area contributed by atoms with Crippen LogP contribution in [0.15, 0.2) is 52.8 Å². The molecule has 3 heterocycles. The maximum absolute atomic E-state index is 12.8. The average molecular weight is 529 g/mol. The maximum atomic E-state index is 12.8. The number of aromatic nitrogens is 1. The van der Waals surface area contributed by atoms with E-state index < -0.39 is 24.0 Å². The van der Waals surface area contributed by atoms with E-state index in [-0.39, 0.29) is 53.5 Å². The van der Waals surface area contributed by atoms with Crippen molar-refractivity contribution in [2.24, 2.45) is 0 Å². The molecule has 0 saturated heterocycles. The van der Waals surface area contributed by atoms with Crippen molar-refractivity contribution < 1.29 is 38.1 Å². The Morgan fingerprint density at radius 2 is 1.97 bits per heavy atom. The number of carbonyl (C=O) groups excluding carboxylic acids is 4. The predicted molar refractivity (Wildman–Crippen MR) is 131 cm³/mol. The normalized spacial score (nSPS) is 15.9. The molecule has 2 aliphatic rings. The quantitative estimate of drug-likeness (QED) is 0.326. The summed E-state index contributed by atoms with van der Waals surface area (Å²) in [5, 5.41) is 8.11. The molecule has 4 rings (SSSR count). The predicted octanol–water partition coefficient (Wildman–Crippen LogP) is 2.22. The van der Waals surface area contributed by atoms with Crippen molar-refractivity contribution in [3.05, 3.63) is 53.4 Å². The molecule has 13 heteroatoms. The third-order valence-corrected chi connectivity index (χ3v) is 6.21. The summed E-state index contributed by atoms with van der Waals surface area (Å²) in [4.78, 5) is 53.8.